The minimum Gasteiger partial charge on any atom is -0.444 e. The number of ether oxygens (including phenoxy) is 2. The van der Waals surface area contributed by atoms with Crippen molar-refractivity contribution in [3.8, 4) is 11.5 Å². The molecule has 9 heteroatoms. The highest BCUT2D eigenvalue weighted by atomic mass is 28.3. The zero-order chi connectivity index (χ0) is 27.7. The molecule has 0 saturated carbocycles. The lowest BCUT2D eigenvalue weighted by Gasteiger charge is -2.28. The van der Waals surface area contributed by atoms with Crippen molar-refractivity contribution in [1.82, 2.24) is 10.2 Å². The number of nitrogens with one attached hydrogen (secondary N) is 1. The Kier molecular flexibility index (Phi) is 11.2. The predicted molar refractivity (Wildman–Crippen MR) is 145 cm³/mol. The summed E-state index contributed by atoms with van der Waals surface area (Å²) in [5, 5.41) is 2.47. The van der Waals surface area contributed by atoms with Gasteiger partial charge >= 0.3 is 12.2 Å². The summed E-state index contributed by atoms with van der Waals surface area (Å²) >= 11 is 0. The summed E-state index contributed by atoms with van der Waals surface area (Å²) in [4.78, 5) is 38.7. The fourth-order valence-electron chi connectivity index (χ4n) is 2.86. The van der Waals surface area contributed by atoms with Crippen molar-refractivity contribution in [2.24, 2.45) is 5.73 Å². The maximum atomic E-state index is 13.0. The summed E-state index contributed by atoms with van der Waals surface area (Å²) in [6.07, 6.45) is -0.277. The molecule has 0 saturated heterocycles. The molecule has 200 valence electrons. The first-order valence-electron chi connectivity index (χ1n) is 12.3. The number of amides is 3. The highest BCUT2D eigenvalue weighted by molar-refractivity contribution is 6.83. The normalized spacial score (nSPS) is 12.6. The van der Waals surface area contributed by atoms with E-state index in [-0.39, 0.29) is 13.1 Å². The van der Waals surface area contributed by atoms with Gasteiger partial charge in [0.2, 0.25) is 0 Å². The summed E-state index contributed by atoms with van der Waals surface area (Å²) in [5.74, 6) is 2.60. The third-order valence-electron chi connectivity index (χ3n) is 4.45. The highest BCUT2D eigenvalue weighted by Crippen LogP contribution is 2.13. The Morgan fingerprint density at radius 1 is 1.00 bits per heavy atom. The molecule has 0 bridgehead atoms. The quantitative estimate of drug-likeness (QED) is 0.408. The van der Waals surface area contributed by atoms with E-state index in [4.69, 9.17) is 15.2 Å². The van der Waals surface area contributed by atoms with E-state index in [9.17, 15) is 14.4 Å². The predicted octanol–water partition coefficient (Wildman–Crippen LogP) is 4.46. The average molecular weight is 518 g/mol. The maximum Gasteiger partial charge on any atom is 0.417 e. The van der Waals surface area contributed by atoms with Crippen LogP contribution in [0.4, 0.5) is 9.59 Å². The van der Waals surface area contributed by atoms with Crippen LogP contribution in [-0.4, -0.2) is 61.4 Å². The van der Waals surface area contributed by atoms with E-state index < -0.39 is 43.4 Å². The fraction of sp³-hybridized carbons (Fsp3) is 0.593. The van der Waals surface area contributed by atoms with Gasteiger partial charge in [-0.25, -0.2) is 14.5 Å². The van der Waals surface area contributed by atoms with Crippen LogP contribution >= 0.6 is 0 Å². The van der Waals surface area contributed by atoms with Crippen LogP contribution in [0.25, 0.3) is 0 Å². The number of imide groups is 1. The van der Waals surface area contributed by atoms with Gasteiger partial charge in [0.05, 0.1) is 0 Å². The topological polar surface area (TPSA) is 111 Å². The Morgan fingerprint density at radius 3 is 2.06 bits per heavy atom. The molecule has 36 heavy (non-hydrogen) atoms. The zero-order valence-corrected chi connectivity index (χ0v) is 24.3. The highest BCUT2D eigenvalue weighted by Gasteiger charge is 2.30. The molecule has 0 fully saturated rings. The van der Waals surface area contributed by atoms with Crippen molar-refractivity contribution in [3.63, 3.8) is 0 Å². The van der Waals surface area contributed by atoms with Gasteiger partial charge in [0.15, 0.2) is 0 Å². The molecule has 8 nitrogen and oxygen atoms in total. The van der Waals surface area contributed by atoms with Crippen LogP contribution in [0.3, 0.4) is 0 Å². The standard InChI is InChI=1S/C27H43N3O5Si/c1-26(2,3)34-24(32)29-19-22(28)23(31)30(25(33)35-27(4,5)6)17-10-11-20-12-14-21(15-13-20)16-18-36(7,8)9/h12-15,22H,10-11,17,19,28H2,1-9H3,(H,29,32)/t22-/m0/s1. The summed E-state index contributed by atoms with van der Waals surface area (Å²) in [6.45, 7) is 16.9. The zero-order valence-electron chi connectivity index (χ0n) is 23.3. The third-order valence-corrected chi connectivity index (χ3v) is 5.32. The monoisotopic (exact) mass is 517 g/mol. The van der Waals surface area contributed by atoms with Crippen molar-refractivity contribution in [1.29, 1.82) is 0 Å². The number of nitrogens with two attached hydrogens (primary N) is 1. The molecule has 3 amide bonds. The van der Waals surface area contributed by atoms with Gasteiger partial charge in [0, 0.05) is 18.7 Å². The Balaban J connectivity index is 2.81. The fourth-order valence-corrected chi connectivity index (χ4v) is 3.38. The van der Waals surface area contributed by atoms with Gasteiger partial charge in [-0.3, -0.25) is 4.79 Å². The first-order chi connectivity index (χ1) is 16.4. The number of hydrogen-bond donors (Lipinski definition) is 2. The second-order valence-electron chi connectivity index (χ2n) is 11.8. The molecule has 0 heterocycles. The van der Waals surface area contributed by atoms with Crippen molar-refractivity contribution >= 4 is 26.2 Å². The number of carbonyl (C=O) groups excluding carboxylic acids is 3. The lowest BCUT2D eigenvalue weighted by Crippen LogP contribution is -2.53. The first kappa shape index (κ1) is 31.2. The Hall–Kier alpha value is -2.83. The molecule has 1 aromatic rings. The summed E-state index contributed by atoms with van der Waals surface area (Å²) in [5.41, 5.74) is 9.94. The van der Waals surface area contributed by atoms with Gasteiger partial charge in [-0.15, -0.1) is 5.54 Å². The van der Waals surface area contributed by atoms with Crippen molar-refractivity contribution in [3.05, 3.63) is 35.4 Å². The minimum atomic E-state index is -1.44. The van der Waals surface area contributed by atoms with Crippen LogP contribution in [-0.2, 0) is 20.7 Å². The number of nitrogens with zero attached hydrogens (tertiary/aromatic N) is 1. The van der Waals surface area contributed by atoms with Crippen LogP contribution in [0.15, 0.2) is 24.3 Å². The third kappa shape index (κ3) is 13.3. The van der Waals surface area contributed by atoms with Crippen molar-refractivity contribution in [2.75, 3.05) is 13.1 Å². The Morgan fingerprint density at radius 2 is 1.56 bits per heavy atom. The molecule has 0 aliphatic heterocycles. The Bertz CT molecular complexity index is 961. The van der Waals surface area contributed by atoms with E-state index in [0.717, 1.165) is 16.0 Å². The van der Waals surface area contributed by atoms with Gasteiger partial charge in [-0.05, 0) is 72.1 Å². The first-order valence-corrected chi connectivity index (χ1v) is 15.8. The Labute approximate surface area is 217 Å². The largest absolute Gasteiger partial charge is 0.444 e. The lowest BCUT2D eigenvalue weighted by molar-refractivity contribution is -0.131. The van der Waals surface area contributed by atoms with Crippen LogP contribution < -0.4 is 11.1 Å². The van der Waals surface area contributed by atoms with E-state index in [1.807, 2.05) is 24.3 Å². The van der Waals surface area contributed by atoms with E-state index in [1.165, 1.54) is 0 Å². The van der Waals surface area contributed by atoms with Crippen LogP contribution in [0, 0.1) is 11.5 Å². The average Bonchev–Trinajstić information content (AvgIpc) is 2.71. The molecule has 0 aliphatic carbocycles. The van der Waals surface area contributed by atoms with E-state index >= 15 is 0 Å². The number of carbonyl (C=O) groups is 3. The smallest absolute Gasteiger partial charge is 0.417 e. The summed E-state index contributed by atoms with van der Waals surface area (Å²) in [6, 6.07) is 6.85. The van der Waals surface area contributed by atoms with E-state index in [2.05, 4.69) is 36.4 Å². The number of rotatable bonds is 7. The number of benzene rings is 1. The maximum absolute atomic E-state index is 13.0. The molecule has 0 radical (unpaired) electrons. The number of alkyl carbamates (subject to hydrolysis) is 1. The van der Waals surface area contributed by atoms with Crippen LogP contribution in [0.5, 0.6) is 0 Å². The molecule has 0 aliphatic rings. The molecule has 1 rings (SSSR count). The second kappa shape index (κ2) is 12.9. The van der Waals surface area contributed by atoms with E-state index in [1.54, 1.807) is 41.5 Å². The molecular formula is C27H43N3O5Si. The summed E-state index contributed by atoms with van der Waals surface area (Å²) in [7, 11) is -1.44. The van der Waals surface area contributed by atoms with Gasteiger partial charge < -0.3 is 20.5 Å². The molecule has 0 spiro atoms. The number of aryl methyl sites for hydroxylation is 1. The van der Waals surface area contributed by atoms with Gasteiger partial charge in [-0.1, -0.05) is 37.7 Å². The van der Waals surface area contributed by atoms with Crippen molar-refractivity contribution < 1.29 is 23.9 Å². The molecule has 0 unspecified atom stereocenters. The molecule has 1 aromatic carbocycles. The molecular weight excluding hydrogens is 474 g/mol. The van der Waals surface area contributed by atoms with Gasteiger partial charge in [-0.2, -0.15) is 0 Å². The second-order valence-corrected chi connectivity index (χ2v) is 16.5. The lowest BCUT2D eigenvalue weighted by atomic mass is 10.1. The van der Waals surface area contributed by atoms with Crippen LogP contribution in [0.2, 0.25) is 19.6 Å². The minimum absolute atomic E-state index is 0.130. The SMILES string of the molecule is CC(C)(C)OC(=O)NC[C@H](N)C(=O)N(CCCc1ccc(C#C[Si](C)(C)C)cc1)C(=O)OC(C)(C)C. The van der Waals surface area contributed by atoms with E-state index in [0.29, 0.717) is 12.8 Å². The van der Waals surface area contributed by atoms with Gasteiger partial charge in [0.1, 0.15) is 25.3 Å². The molecule has 1 atom stereocenters. The molecule has 0 aromatic heterocycles. The molecule has 3 N–H and O–H groups in total. The summed E-state index contributed by atoms with van der Waals surface area (Å²) < 4.78 is 10.6. The van der Waals surface area contributed by atoms with Gasteiger partial charge in [0.25, 0.3) is 5.91 Å². The van der Waals surface area contributed by atoms with Crippen LogP contribution in [0.1, 0.15) is 59.1 Å². The van der Waals surface area contributed by atoms with Crippen molar-refractivity contribution in [2.45, 2.75) is 91.3 Å². The number of hydrogen-bond acceptors (Lipinski definition) is 6.